The molecule has 18 heavy (non-hydrogen) atoms. The van der Waals surface area contributed by atoms with Crippen LogP contribution >= 0.6 is 0 Å². The molecule has 0 saturated carbocycles. The van der Waals surface area contributed by atoms with Gasteiger partial charge in [-0.1, -0.05) is 30.3 Å². The van der Waals surface area contributed by atoms with Gasteiger partial charge in [0.2, 0.25) is 5.91 Å². The van der Waals surface area contributed by atoms with Gasteiger partial charge in [0.1, 0.15) is 0 Å². The first-order valence-electron chi connectivity index (χ1n) is 6.66. The summed E-state index contributed by atoms with van der Waals surface area (Å²) in [7, 11) is 3.82. The standard InChI is InChI=1S/C15H24N2O/c1-16-12-7-13-17(2)15(18)11-6-10-14-8-4-3-5-9-14/h3-5,8-9,16H,6-7,10-13H2,1-2H3. The molecule has 1 rings (SSSR count). The molecule has 0 saturated heterocycles. The minimum Gasteiger partial charge on any atom is -0.346 e. The average Bonchev–Trinajstić information content (AvgIpc) is 2.40. The van der Waals surface area contributed by atoms with E-state index in [9.17, 15) is 4.79 Å². The Kier molecular flexibility index (Phi) is 7.11. The molecule has 1 amide bonds. The highest BCUT2D eigenvalue weighted by molar-refractivity contribution is 5.75. The molecule has 0 bridgehead atoms. The zero-order valence-electron chi connectivity index (χ0n) is 11.5. The summed E-state index contributed by atoms with van der Waals surface area (Å²) < 4.78 is 0. The smallest absolute Gasteiger partial charge is 0.222 e. The number of benzene rings is 1. The number of aryl methyl sites for hydroxylation is 1. The summed E-state index contributed by atoms with van der Waals surface area (Å²) in [5, 5.41) is 3.09. The molecule has 0 aliphatic carbocycles. The van der Waals surface area contributed by atoms with Gasteiger partial charge >= 0.3 is 0 Å². The molecule has 0 fully saturated rings. The van der Waals surface area contributed by atoms with Gasteiger partial charge in [-0.3, -0.25) is 4.79 Å². The van der Waals surface area contributed by atoms with Crippen molar-refractivity contribution < 1.29 is 4.79 Å². The Morgan fingerprint density at radius 3 is 2.61 bits per heavy atom. The monoisotopic (exact) mass is 248 g/mol. The van der Waals surface area contributed by atoms with Gasteiger partial charge in [-0.05, 0) is 38.4 Å². The second kappa shape index (κ2) is 8.70. The van der Waals surface area contributed by atoms with Crippen LogP contribution in [-0.2, 0) is 11.2 Å². The molecule has 1 aromatic rings. The minimum atomic E-state index is 0.252. The van der Waals surface area contributed by atoms with Crippen molar-refractivity contribution in [3.8, 4) is 0 Å². The Bertz CT molecular complexity index is 338. The Morgan fingerprint density at radius 2 is 1.94 bits per heavy atom. The van der Waals surface area contributed by atoms with Crippen LogP contribution in [0.15, 0.2) is 30.3 Å². The SMILES string of the molecule is CNCCCN(C)C(=O)CCCc1ccccc1. The number of hydrogen-bond donors (Lipinski definition) is 1. The maximum Gasteiger partial charge on any atom is 0.222 e. The molecule has 0 unspecified atom stereocenters. The highest BCUT2D eigenvalue weighted by atomic mass is 16.2. The largest absolute Gasteiger partial charge is 0.346 e. The van der Waals surface area contributed by atoms with Gasteiger partial charge in [0.15, 0.2) is 0 Å². The summed E-state index contributed by atoms with van der Waals surface area (Å²) in [6.07, 6.45) is 3.57. The first-order valence-corrected chi connectivity index (χ1v) is 6.66. The lowest BCUT2D eigenvalue weighted by Gasteiger charge is -2.16. The normalized spacial score (nSPS) is 10.3. The lowest BCUT2D eigenvalue weighted by Crippen LogP contribution is -2.29. The van der Waals surface area contributed by atoms with Crippen LogP contribution in [0.4, 0.5) is 0 Å². The van der Waals surface area contributed by atoms with E-state index in [-0.39, 0.29) is 5.91 Å². The maximum absolute atomic E-state index is 11.8. The minimum absolute atomic E-state index is 0.252. The van der Waals surface area contributed by atoms with Gasteiger partial charge < -0.3 is 10.2 Å². The second-order valence-electron chi connectivity index (χ2n) is 4.61. The van der Waals surface area contributed by atoms with Crippen molar-refractivity contribution in [3.63, 3.8) is 0 Å². The molecule has 1 aromatic carbocycles. The van der Waals surface area contributed by atoms with Crippen molar-refractivity contribution in [3.05, 3.63) is 35.9 Å². The highest BCUT2D eigenvalue weighted by Crippen LogP contribution is 2.05. The maximum atomic E-state index is 11.8. The molecule has 0 aliphatic heterocycles. The van der Waals surface area contributed by atoms with Crippen LogP contribution in [0.2, 0.25) is 0 Å². The Hall–Kier alpha value is -1.35. The van der Waals surface area contributed by atoms with Crippen LogP contribution in [-0.4, -0.2) is 38.0 Å². The van der Waals surface area contributed by atoms with Crippen LogP contribution in [0.3, 0.4) is 0 Å². The van der Waals surface area contributed by atoms with Gasteiger partial charge in [-0.15, -0.1) is 0 Å². The molecule has 0 aromatic heterocycles. The van der Waals surface area contributed by atoms with Crippen molar-refractivity contribution in [2.75, 3.05) is 27.2 Å². The quantitative estimate of drug-likeness (QED) is 0.714. The third-order valence-corrected chi connectivity index (χ3v) is 3.04. The topological polar surface area (TPSA) is 32.3 Å². The van der Waals surface area contributed by atoms with E-state index < -0.39 is 0 Å². The fourth-order valence-electron chi connectivity index (χ4n) is 1.90. The molecular weight excluding hydrogens is 224 g/mol. The van der Waals surface area contributed by atoms with E-state index in [4.69, 9.17) is 0 Å². The fraction of sp³-hybridized carbons (Fsp3) is 0.533. The summed E-state index contributed by atoms with van der Waals surface area (Å²) in [4.78, 5) is 13.7. The summed E-state index contributed by atoms with van der Waals surface area (Å²) >= 11 is 0. The zero-order valence-corrected chi connectivity index (χ0v) is 11.5. The Balaban J connectivity index is 2.16. The molecular formula is C15H24N2O. The van der Waals surface area contributed by atoms with E-state index in [1.807, 2.05) is 37.2 Å². The predicted molar refractivity (Wildman–Crippen MR) is 75.6 cm³/mol. The van der Waals surface area contributed by atoms with Crippen molar-refractivity contribution in [2.45, 2.75) is 25.7 Å². The van der Waals surface area contributed by atoms with Crippen LogP contribution in [0.5, 0.6) is 0 Å². The summed E-state index contributed by atoms with van der Waals surface area (Å²) in [6, 6.07) is 10.3. The van der Waals surface area contributed by atoms with Crippen LogP contribution < -0.4 is 5.32 Å². The average molecular weight is 248 g/mol. The van der Waals surface area contributed by atoms with E-state index in [1.54, 1.807) is 0 Å². The zero-order chi connectivity index (χ0) is 13.2. The fourth-order valence-corrected chi connectivity index (χ4v) is 1.90. The number of carbonyl (C=O) groups is 1. The second-order valence-corrected chi connectivity index (χ2v) is 4.61. The first-order chi connectivity index (χ1) is 8.74. The summed E-state index contributed by atoms with van der Waals surface area (Å²) in [6.45, 7) is 1.80. The summed E-state index contributed by atoms with van der Waals surface area (Å²) in [5.41, 5.74) is 1.31. The van der Waals surface area contributed by atoms with E-state index in [2.05, 4.69) is 17.4 Å². The lowest BCUT2D eigenvalue weighted by molar-refractivity contribution is -0.130. The Morgan fingerprint density at radius 1 is 1.22 bits per heavy atom. The van der Waals surface area contributed by atoms with Crippen molar-refractivity contribution >= 4 is 5.91 Å². The number of carbonyl (C=O) groups excluding carboxylic acids is 1. The number of nitrogens with zero attached hydrogens (tertiary/aromatic N) is 1. The molecule has 100 valence electrons. The van der Waals surface area contributed by atoms with Gasteiger partial charge in [0, 0.05) is 20.0 Å². The van der Waals surface area contributed by atoms with E-state index >= 15 is 0 Å². The van der Waals surface area contributed by atoms with Gasteiger partial charge in [-0.25, -0.2) is 0 Å². The Labute approximate surface area is 110 Å². The lowest BCUT2D eigenvalue weighted by atomic mass is 10.1. The highest BCUT2D eigenvalue weighted by Gasteiger charge is 2.07. The van der Waals surface area contributed by atoms with Crippen molar-refractivity contribution in [2.24, 2.45) is 0 Å². The number of hydrogen-bond acceptors (Lipinski definition) is 2. The molecule has 1 N–H and O–H groups in total. The number of amides is 1. The van der Waals surface area contributed by atoms with E-state index in [0.717, 1.165) is 32.4 Å². The molecule has 3 heteroatoms. The van der Waals surface area contributed by atoms with Crippen molar-refractivity contribution in [1.29, 1.82) is 0 Å². The van der Waals surface area contributed by atoms with Crippen molar-refractivity contribution in [1.82, 2.24) is 10.2 Å². The van der Waals surface area contributed by atoms with Crippen LogP contribution in [0, 0.1) is 0 Å². The predicted octanol–water partition coefficient (Wildman–Crippen LogP) is 2.08. The third-order valence-electron chi connectivity index (χ3n) is 3.04. The van der Waals surface area contributed by atoms with E-state index in [0.29, 0.717) is 6.42 Å². The number of nitrogens with one attached hydrogen (secondary N) is 1. The molecule has 0 spiro atoms. The molecule has 0 heterocycles. The number of rotatable bonds is 8. The van der Waals surface area contributed by atoms with Gasteiger partial charge in [-0.2, -0.15) is 0 Å². The molecule has 0 atom stereocenters. The van der Waals surface area contributed by atoms with E-state index in [1.165, 1.54) is 5.56 Å². The van der Waals surface area contributed by atoms with Gasteiger partial charge in [0.25, 0.3) is 0 Å². The van der Waals surface area contributed by atoms with Crippen LogP contribution in [0.25, 0.3) is 0 Å². The first kappa shape index (κ1) is 14.7. The summed E-state index contributed by atoms with van der Waals surface area (Å²) in [5.74, 6) is 0.252. The van der Waals surface area contributed by atoms with Crippen LogP contribution in [0.1, 0.15) is 24.8 Å². The molecule has 0 aliphatic rings. The van der Waals surface area contributed by atoms with Gasteiger partial charge in [0.05, 0.1) is 0 Å². The third kappa shape index (κ3) is 5.82. The molecule has 3 nitrogen and oxygen atoms in total. The molecule has 0 radical (unpaired) electrons.